The van der Waals surface area contributed by atoms with Crippen molar-refractivity contribution in [2.45, 2.75) is 58.4 Å². The van der Waals surface area contributed by atoms with Crippen LogP contribution in [0.2, 0.25) is 0 Å². The lowest BCUT2D eigenvalue weighted by Crippen LogP contribution is -2.48. The monoisotopic (exact) mass is 345 g/mol. The van der Waals surface area contributed by atoms with Gasteiger partial charge in [0, 0.05) is 30.9 Å². The second-order valence-electron chi connectivity index (χ2n) is 7.78. The third-order valence-electron chi connectivity index (χ3n) is 4.30. The Bertz CT molecular complexity index is 568. The summed E-state index contributed by atoms with van der Waals surface area (Å²) >= 11 is 0. The first-order chi connectivity index (χ1) is 11.8. The van der Waals surface area contributed by atoms with Gasteiger partial charge in [-0.3, -0.25) is 9.59 Å². The Hall–Kier alpha value is -2.04. The number of nitrogens with one attached hydrogen (secondary N) is 2. The van der Waals surface area contributed by atoms with Crippen LogP contribution in [0.25, 0.3) is 0 Å². The Balaban J connectivity index is 1.77. The first-order valence-corrected chi connectivity index (χ1v) is 9.29. The van der Waals surface area contributed by atoms with E-state index in [1.54, 1.807) is 0 Å². The van der Waals surface area contributed by atoms with Gasteiger partial charge in [0.2, 0.25) is 0 Å². The molecule has 1 heterocycles. The molecule has 1 aliphatic rings. The fourth-order valence-electron chi connectivity index (χ4n) is 3.00. The summed E-state index contributed by atoms with van der Waals surface area (Å²) in [6.45, 7) is 8.29. The molecular weight excluding hydrogens is 314 g/mol. The number of anilines is 1. The molecule has 0 atom stereocenters. The quantitative estimate of drug-likeness (QED) is 0.825. The minimum Gasteiger partial charge on any atom is -0.372 e. The number of rotatable bonds is 4. The number of hydrogen-bond acceptors (Lipinski definition) is 3. The van der Waals surface area contributed by atoms with Gasteiger partial charge in [0.25, 0.3) is 0 Å². The van der Waals surface area contributed by atoms with E-state index in [-0.39, 0.29) is 0 Å². The van der Waals surface area contributed by atoms with E-state index in [0.29, 0.717) is 6.54 Å². The van der Waals surface area contributed by atoms with Gasteiger partial charge in [-0.2, -0.15) is 0 Å². The lowest BCUT2D eigenvalue weighted by molar-refractivity contribution is -0.140. The molecule has 0 spiro atoms. The molecule has 0 aromatic heterocycles. The van der Waals surface area contributed by atoms with Crippen molar-refractivity contribution in [2.75, 3.05) is 24.5 Å². The Labute approximate surface area is 151 Å². The van der Waals surface area contributed by atoms with Crippen LogP contribution in [0.1, 0.15) is 52.0 Å². The molecule has 1 aliphatic heterocycles. The number of hydrogen-bond donors (Lipinski definition) is 2. The first-order valence-electron chi connectivity index (χ1n) is 9.29. The van der Waals surface area contributed by atoms with Crippen molar-refractivity contribution in [3.8, 4) is 0 Å². The Kier molecular flexibility index (Phi) is 6.85. The van der Waals surface area contributed by atoms with E-state index in [1.807, 2.05) is 20.8 Å². The molecule has 0 radical (unpaired) electrons. The zero-order valence-corrected chi connectivity index (χ0v) is 15.7. The number of carbonyl (C=O) groups excluding carboxylic acids is 2. The summed E-state index contributed by atoms with van der Waals surface area (Å²) in [5.74, 6) is -1.15. The van der Waals surface area contributed by atoms with Crippen LogP contribution in [0.3, 0.4) is 0 Å². The summed E-state index contributed by atoms with van der Waals surface area (Å²) in [6.07, 6.45) is 5.91. The molecule has 5 heteroatoms. The zero-order chi connectivity index (χ0) is 18.3. The van der Waals surface area contributed by atoms with E-state index in [0.717, 1.165) is 25.1 Å². The van der Waals surface area contributed by atoms with Crippen LogP contribution in [0.4, 0.5) is 5.69 Å². The van der Waals surface area contributed by atoms with Crippen LogP contribution in [0.15, 0.2) is 24.3 Å². The van der Waals surface area contributed by atoms with Gasteiger partial charge in [-0.1, -0.05) is 25.0 Å². The second kappa shape index (κ2) is 8.88. The molecule has 0 saturated carbocycles. The molecule has 2 amide bonds. The van der Waals surface area contributed by atoms with E-state index in [9.17, 15) is 9.59 Å². The van der Waals surface area contributed by atoms with Gasteiger partial charge < -0.3 is 15.5 Å². The summed E-state index contributed by atoms with van der Waals surface area (Å²) in [6, 6.07) is 8.55. The number of carbonyl (C=O) groups is 2. The van der Waals surface area contributed by atoms with Crippen molar-refractivity contribution in [3.63, 3.8) is 0 Å². The smallest absolute Gasteiger partial charge is 0.309 e. The third-order valence-corrected chi connectivity index (χ3v) is 4.30. The van der Waals surface area contributed by atoms with Gasteiger partial charge >= 0.3 is 11.8 Å². The fourth-order valence-corrected chi connectivity index (χ4v) is 3.00. The molecule has 25 heavy (non-hydrogen) atoms. The minimum atomic E-state index is -0.580. The molecule has 1 aromatic rings. The van der Waals surface area contributed by atoms with Crippen molar-refractivity contribution < 1.29 is 9.59 Å². The summed E-state index contributed by atoms with van der Waals surface area (Å²) in [5.41, 5.74) is 2.03. The van der Waals surface area contributed by atoms with Gasteiger partial charge in [-0.05, 0) is 57.7 Å². The average molecular weight is 345 g/mol. The number of amides is 2. The Morgan fingerprint density at radius 2 is 1.56 bits per heavy atom. The zero-order valence-electron chi connectivity index (χ0n) is 15.7. The van der Waals surface area contributed by atoms with Gasteiger partial charge in [-0.25, -0.2) is 0 Å². The van der Waals surface area contributed by atoms with Gasteiger partial charge in [0.15, 0.2) is 0 Å². The van der Waals surface area contributed by atoms with Crippen molar-refractivity contribution >= 4 is 17.5 Å². The average Bonchev–Trinajstić information content (AvgIpc) is 2.83. The molecule has 138 valence electrons. The van der Waals surface area contributed by atoms with Gasteiger partial charge in [-0.15, -0.1) is 0 Å². The summed E-state index contributed by atoms with van der Waals surface area (Å²) < 4.78 is 0. The Morgan fingerprint density at radius 3 is 2.12 bits per heavy atom. The summed E-state index contributed by atoms with van der Waals surface area (Å²) in [7, 11) is 0. The van der Waals surface area contributed by atoms with Crippen molar-refractivity contribution in [2.24, 2.45) is 0 Å². The molecule has 1 aromatic carbocycles. The standard InChI is InChI=1S/C20H31N3O2/c1-20(2,3)22-19(25)18(24)21-13-12-16-8-10-17(11-9-16)23-14-6-4-5-7-15-23/h8-11H,4-7,12-15H2,1-3H3,(H,21,24)(H,22,25). The maximum absolute atomic E-state index is 11.8. The van der Waals surface area contributed by atoms with E-state index < -0.39 is 17.4 Å². The summed E-state index contributed by atoms with van der Waals surface area (Å²) in [4.78, 5) is 25.9. The van der Waals surface area contributed by atoms with Crippen LogP contribution in [0.5, 0.6) is 0 Å². The van der Waals surface area contributed by atoms with E-state index >= 15 is 0 Å². The SMILES string of the molecule is CC(C)(C)NC(=O)C(=O)NCCc1ccc(N2CCCCCC2)cc1. The lowest BCUT2D eigenvalue weighted by atomic mass is 10.1. The minimum absolute atomic E-state index is 0.405. The molecule has 0 bridgehead atoms. The maximum atomic E-state index is 11.8. The van der Waals surface area contributed by atoms with E-state index in [2.05, 4.69) is 39.8 Å². The Morgan fingerprint density at radius 1 is 0.960 bits per heavy atom. The molecule has 2 rings (SSSR count). The molecule has 1 fully saturated rings. The largest absolute Gasteiger partial charge is 0.372 e. The number of nitrogens with zero attached hydrogens (tertiary/aromatic N) is 1. The fraction of sp³-hybridized carbons (Fsp3) is 0.600. The van der Waals surface area contributed by atoms with E-state index in [1.165, 1.54) is 31.4 Å². The molecule has 5 nitrogen and oxygen atoms in total. The third kappa shape index (κ3) is 6.77. The first kappa shape index (κ1) is 19.3. The highest BCUT2D eigenvalue weighted by Gasteiger charge is 2.19. The van der Waals surface area contributed by atoms with Crippen LogP contribution in [-0.2, 0) is 16.0 Å². The van der Waals surface area contributed by atoms with Crippen molar-refractivity contribution in [1.29, 1.82) is 0 Å². The molecular formula is C20H31N3O2. The van der Waals surface area contributed by atoms with Gasteiger partial charge in [0.1, 0.15) is 0 Å². The van der Waals surface area contributed by atoms with Crippen LogP contribution >= 0.6 is 0 Å². The predicted molar refractivity (Wildman–Crippen MR) is 102 cm³/mol. The van der Waals surface area contributed by atoms with Crippen LogP contribution in [0, 0.1) is 0 Å². The predicted octanol–water partition coefficient (Wildman–Crippen LogP) is 2.64. The maximum Gasteiger partial charge on any atom is 0.309 e. The lowest BCUT2D eigenvalue weighted by Gasteiger charge is -2.22. The van der Waals surface area contributed by atoms with Crippen LogP contribution < -0.4 is 15.5 Å². The molecule has 1 saturated heterocycles. The topological polar surface area (TPSA) is 61.4 Å². The highest BCUT2D eigenvalue weighted by Crippen LogP contribution is 2.20. The van der Waals surface area contributed by atoms with Crippen LogP contribution in [-0.4, -0.2) is 37.0 Å². The number of benzene rings is 1. The highest BCUT2D eigenvalue weighted by molar-refractivity contribution is 6.35. The molecule has 0 aliphatic carbocycles. The van der Waals surface area contributed by atoms with E-state index in [4.69, 9.17) is 0 Å². The highest BCUT2D eigenvalue weighted by atomic mass is 16.2. The van der Waals surface area contributed by atoms with Crippen molar-refractivity contribution in [1.82, 2.24) is 10.6 Å². The van der Waals surface area contributed by atoms with Crippen molar-refractivity contribution in [3.05, 3.63) is 29.8 Å². The van der Waals surface area contributed by atoms with Gasteiger partial charge in [0.05, 0.1) is 0 Å². The molecule has 0 unspecified atom stereocenters. The molecule has 2 N–H and O–H groups in total. The second-order valence-corrected chi connectivity index (χ2v) is 7.78. The summed E-state index contributed by atoms with van der Waals surface area (Å²) in [5, 5.41) is 5.34. The normalized spacial score (nSPS) is 15.4.